The Morgan fingerprint density at radius 1 is 1.11 bits per heavy atom. The predicted octanol–water partition coefficient (Wildman–Crippen LogP) is 3.33. The number of carbonyl (C=O) groups is 1. The summed E-state index contributed by atoms with van der Waals surface area (Å²) in [6, 6.07) is 12.1. The lowest BCUT2D eigenvalue weighted by Crippen LogP contribution is -2.44. The van der Waals surface area contributed by atoms with Gasteiger partial charge in [-0.25, -0.2) is 8.42 Å². The molecule has 1 atom stereocenters. The first-order valence-corrected chi connectivity index (χ1v) is 11.1. The number of thioether (sulfide) groups is 1. The van der Waals surface area contributed by atoms with Crippen molar-refractivity contribution in [3.05, 3.63) is 54.6 Å². The van der Waals surface area contributed by atoms with Crippen molar-refractivity contribution in [2.24, 2.45) is 0 Å². The smallest absolute Gasteiger partial charge is 0.387 e. The van der Waals surface area contributed by atoms with Gasteiger partial charge in [-0.3, -0.25) is 4.79 Å². The van der Waals surface area contributed by atoms with E-state index in [1.54, 1.807) is 18.2 Å². The van der Waals surface area contributed by atoms with Crippen LogP contribution in [0.5, 0.6) is 5.75 Å². The highest BCUT2D eigenvalue weighted by Crippen LogP contribution is 2.18. The van der Waals surface area contributed by atoms with Gasteiger partial charge in [-0.15, -0.1) is 0 Å². The average Bonchev–Trinajstić information content (AvgIpc) is 2.67. The number of rotatable bonds is 10. The quantitative estimate of drug-likeness (QED) is 0.604. The van der Waals surface area contributed by atoms with E-state index in [1.807, 2.05) is 6.26 Å². The monoisotopic (exact) mass is 430 g/mol. The standard InChI is InChI=1S/C18H20F2N2O4S2/c1-27-12-11-16(22-28(24,25)15-5-3-2-4-6-15)17(23)21-13-7-9-14(10-8-13)26-18(19)20/h2-10,16,18,22H,11-12H2,1H3,(H,21,23). The molecule has 0 radical (unpaired) electrons. The van der Waals surface area contributed by atoms with E-state index >= 15 is 0 Å². The van der Waals surface area contributed by atoms with Crippen LogP contribution in [-0.4, -0.2) is 39.0 Å². The van der Waals surface area contributed by atoms with E-state index in [9.17, 15) is 22.0 Å². The van der Waals surface area contributed by atoms with Crippen LogP contribution in [-0.2, 0) is 14.8 Å². The molecule has 152 valence electrons. The van der Waals surface area contributed by atoms with Crippen molar-refractivity contribution in [3.8, 4) is 5.75 Å². The van der Waals surface area contributed by atoms with Crippen LogP contribution in [0.3, 0.4) is 0 Å². The molecule has 0 saturated carbocycles. The summed E-state index contributed by atoms with van der Waals surface area (Å²) in [5, 5.41) is 2.59. The van der Waals surface area contributed by atoms with Crippen molar-refractivity contribution in [1.29, 1.82) is 0 Å². The van der Waals surface area contributed by atoms with Crippen LogP contribution in [0.2, 0.25) is 0 Å². The normalized spacial score (nSPS) is 12.6. The number of ether oxygens (including phenoxy) is 1. The van der Waals surface area contributed by atoms with Crippen molar-refractivity contribution in [1.82, 2.24) is 4.72 Å². The number of anilines is 1. The molecule has 0 aliphatic rings. The number of hydrogen-bond acceptors (Lipinski definition) is 5. The molecule has 0 saturated heterocycles. The Hall–Kier alpha value is -2.17. The molecule has 0 spiro atoms. The summed E-state index contributed by atoms with van der Waals surface area (Å²) in [6.07, 6.45) is 2.13. The maximum Gasteiger partial charge on any atom is 0.387 e. The lowest BCUT2D eigenvalue weighted by Gasteiger charge is -2.18. The van der Waals surface area contributed by atoms with Gasteiger partial charge in [-0.2, -0.15) is 25.3 Å². The van der Waals surface area contributed by atoms with E-state index in [0.717, 1.165) is 0 Å². The maximum absolute atomic E-state index is 12.6. The lowest BCUT2D eigenvalue weighted by molar-refractivity contribution is -0.117. The largest absolute Gasteiger partial charge is 0.435 e. The van der Waals surface area contributed by atoms with Crippen LogP contribution in [0.4, 0.5) is 14.5 Å². The highest BCUT2D eigenvalue weighted by atomic mass is 32.2. The maximum atomic E-state index is 12.6. The first kappa shape index (κ1) is 22.1. The molecule has 0 bridgehead atoms. The zero-order chi connectivity index (χ0) is 20.6. The summed E-state index contributed by atoms with van der Waals surface area (Å²) in [5.74, 6) is -0.0240. The minimum absolute atomic E-state index is 0.0447. The Bertz CT molecular complexity index is 863. The fraction of sp³-hybridized carbons (Fsp3) is 0.278. The fourth-order valence-electron chi connectivity index (χ4n) is 2.28. The van der Waals surface area contributed by atoms with Gasteiger partial charge in [0.2, 0.25) is 15.9 Å². The van der Waals surface area contributed by atoms with E-state index in [2.05, 4.69) is 14.8 Å². The Kier molecular flexibility index (Phi) is 8.21. The number of alkyl halides is 2. The third-order valence-corrected chi connectivity index (χ3v) is 5.76. The van der Waals surface area contributed by atoms with Crippen molar-refractivity contribution in [3.63, 3.8) is 0 Å². The van der Waals surface area contributed by atoms with Gasteiger partial charge in [-0.05, 0) is 54.8 Å². The number of amides is 1. The van der Waals surface area contributed by atoms with Crippen molar-refractivity contribution in [2.45, 2.75) is 24.0 Å². The molecule has 0 aromatic heterocycles. The van der Waals surface area contributed by atoms with Gasteiger partial charge in [0.15, 0.2) is 0 Å². The number of sulfonamides is 1. The van der Waals surface area contributed by atoms with Gasteiger partial charge >= 0.3 is 6.61 Å². The minimum atomic E-state index is -3.87. The van der Waals surface area contributed by atoms with E-state index in [1.165, 1.54) is 48.2 Å². The molecule has 2 N–H and O–H groups in total. The van der Waals surface area contributed by atoms with Gasteiger partial charge < -0.3 is 10.1 Å². The second kappa shape index (κ2) is 10.4. The molecule has 2 aromatic rings. The molecule has 2 aromatic carbocycles. The topological polar surface area (TPSA) is 84.5 Å². The molecule has 0 aliphatic carbocycles. The SMILES string of the molecule is CSCCC(NS(=O)(=O)c1ccccc1)C(=O)Nc1ccc(OC(F)F)cc1. The van der Waals surface area contributed by atoms with Gasteiger partial charge in [-0.1, -0.05) is 18.2 Å². The summed E-state index contributed by atoms with van der Waals surface area (Å²) in [6.45, 7) is -2.94. The fourth-order valence-corrected chi connectivity index (χ4v) is 4.01. The summed E-state index contributed by atoms with van der Waals surface area (Å²) in [4.78, 5) is 12.7. The molecule has 28 heavy (non-hydrogen) atoms. The van der Waals surface area contributed by atoms with Crippen molar-refractivity contribution < 1.29 is 26.7 Å². The Morgan fingerprint density at radius 3 is 2.32 bits per heavy atom. The molecule has 1 unspecified atom stereocenters. The van der Waals surface area contributed by atoms with Gasteiger partial charge in [0.25, 0.3) is 0 Å². The molecule has 0 fully saturated rings. The van der Waals surface area contributed by atoms with Crippen molar-refractivity contribution >= 4 is 33.4 Å². The first-order chi connectivity index (χ1) is 13.3. The summed E-state index contributed by atoms with van der Waals surface area (Å²) >= 11 is 1.48. The van der Waals surface area contributed by atoms with Crippen LogP contribution in [0.1, 0.15) is 6.42 Å². The third-order valence-electron chi connectivity index (χ3n) is 3.63. The van der Waals surface area contributed by atoms with Gasteiger partial charge in [0.1, 0.15) is 11.8 Å². The molecule has 6 nitrogen and oxygen atoms in total. The second-order valence-corrected chi connectivity index (χ2v) is 8.36. The summed E-state index contributed by atoms with van der Waals surface area (Å²) in [7, 11) is -3.87. The molecule has 0 heterocycles. The first-order valence-electron chi connectivity index (χ1n) is 8.24. The van der Waals surface area contributed by atoms with E-state index in [0.29, 0.717) is 11.4 Å². The van der Waals surface area contributed by atoms with Gasteiger partial charge in [0.05, 0.1) is 4.90 Å². The third kappa shape index (κ3) is 6.77. The van der Waals surface area contributed by atoms with Crippen molar-refractivity contribution in [2.75, 3.05) is 17.3 Å². The second-order valence-electron chi connectivity index (χ2n) is 5.66. The Morgan fingerprint density at radius 2 is 1.75 bits per heavy atom. The average molecular weight is 430 g/mol. The molecule has 0 aliphatic heterocycles. The molecular weight excluding hydrogens is 410 g/mol. The molecule has 10 heteroatoms. The molecular formula is C18H20F2N2O4S2. The number of benzene rings is 2. The molecule has 2 rings (SSSR count). The zero-order valence-electron chi connectivity index (χ0n) is 15.0. The van der Waals surface area contributed by atoms with E-state index in [-0.39, 0.29) is 17.1 Å². The van der Waals surface area contributed by atoms with Gasteiger partial charge in [0, 0.05) is 5.69 Å². The lowest BCUT2D eigenvalue weighted by atomic mass is 10.2. The van der Waals surface area contributed by atoms with Crippen LogP contribution in [0.25, 0.3) is 0 Å². The highest BCUT2D eigenvalue weighted by molar-refractivity contribution is 7.98. The van der Waals surface area contributed by atoms with Crippen LogP contribution in [0.15, 0.2) is 59.5 Å². The number of hydrogen-bond donors (Lipinski definition) is 2. The Balaban J connectivity index is 2.10. The van der Waals surface area contributed by atoms with Crippen LogP contribution < -0.4 is 14.8 Å². The summed E-state index contributed by atoms with van der Waals surface area (Å²) < 4.78 is 56.1. The number of carbonyl (C=O) groups excluding carboxylic acids is 1. The summed E-state index contributed by atoms with van der Waals surface area (Å²) in [5.41, 5.74) is 0.333. The zero-order valence-corrected chi connectivity index (χ0v) is 16.6. The Labute approximate surface area is 166 Å². The molecule has 1 amide bonds. The van der Waals surface area contributed by atoms with E-state index in [4.69, 9.17) is 0 Å². The number of halogens is 2. The minimum Gasteiger partial charge on any atom is -0.435 e. The van der Waals surface area contributed by atoms with Crippen LogP contribution in [0, 0.1) is 0 Å². The predicted molar refractivity (Wildman–Crippen MR) is 105 cm³/mol. The highest BCUT2D eigenvalue weighted by Gasteiger charge is 2.25. The van der Waals surface area contributed by atoms with Crippen LogP contribution >= 0.6 is 11.8 Å². The van der Waals surface area contributed by atoms with E-state index < -0.39 is 28.6 Å². The number of nitrogens with one attached hydrogen (secondary N) is 2.